The Morgan fingerprint density at radius 3 is 2.75 bits per heavy atom. The van der Waals surface area contributed by atoms with Crippen LogP contribution < -0.4 is 0 Å². The van der Waals surface area contributed by atoms with Gasteiger partial charge in [-0.3, -0.25) is 9.69 Å². The number of likely N-dealkylation sites (tertiary alicyclic amines) is 1. The summed E-state index contributed by atoms with van der Waals surface area (Å²) >= 11 is 0. The van der Waals surface area contributed by atoms with Gasteiger partial charge < -0.3 is 9.64 Å². The van der Waals surface area contributed by atoms with Gasteiger partial charge in [-0.1, -0.05) is 6.92 Å². The molecule has 1 amide bonds. The van der Waals surface area contributed by atoms with Crippen LogP contribution in [-0.4, -0.2) is 54.7 Å². The van der Waals surface area contributed by atoms with Crippen LogP contribution in [0.2, 0.25) is 0 Å². The fraction of sp³-hybridized carbons (Fsp3) is 0.917. The van der Waals surface area contributed by atoms with Crippen LogP contribution in [0.25, 0.3) is 0 Å². The molecule has 0 aliphatic carbocycles. The topological polar surface area (TPSA) is 32.8 Å². The minimum Gasteiger partial charge on any atom is -0.379 e. The average Bonchev–Trinajstić information content (AvgIpc) is 2.79. The molecule has 0 N–H and O–H groups in total. The SMILES string of the molecule is CCCC(=O)N1CCCC1N1CCOCC1. The Morgan fingerprint density at radius 1 is 1.31 bits per heavy atom. The number of hydrogen-bond acceptors (Lipinski definition) is 3. The highest BCUT2D eigenvalue weighted by atomic mass is 16.5. The molecule has 2 saturated heterocycles. The molecule has 0 aromatic heterocycles. The molecule has 0 aromatic carbocycles. The zero-order valence-corrected chi connectivity index (χ0v) is 10.2. The zero-order chi connectivity index (χ0) is 11.4. The van der Waals surface area contributed by atoms with E-state index in [9.17, 15) is 4.79 Å². The van der Waals surface area contributed by atoms with Crippen LogP contribution >= 0.6 is 0 Å². The summed E-state index contributed by atoms with van der Waals surface area (Å²) in [6.45, 7) is 6.58. The van der Waals surface area contributed by atoms with Crippen molar-refractivity contribution in [3.8, 4) is 0 Å². The molecule has 4 heteroatoms. The third-order valence-corrected chi connectivity index (χ3v) is 3.47. The number of hydrogen-bond donors (Lipinski definition) is 0. The summed E-state index contributed by atoms with van der Waals surface area (Å²) in [4.78, 5) is 16.5. The molecule has 2 fully saturated rings. The fourth-order valence-electron chi connectivity index (χ4n) is 2.65. The predicted octanol–water partition coefficient (Wildman–Crippen LogP) is 1.07. The molecule has 0 radical (unpaired) electrons. The molecular formula is C12H22N2O2. The lowest BCUT2D eigenvalue weighted by molar-refractivity contribution is -0.137. The number of carbonyl (C=O) groups is 1. The molecule has 0 aromatic rings. The molecule has 0 bridgehead atoms. The molecule has 16 heavy (non-hydrogen) atoms. The first kappa shape index (κ1) is 11.9. The van der Waals surface area contributed by atoms with Crippen molar-refractivity contribution in [3.63, 3.8) is 0 Å². The van der Waals surface area contributed by atoms with E-state index in [0.29, 0.717) is 18.5 Å². The first-order valence-corrected chi connectivity index (χ1v) is 6.44. The first-order valence-electron chi connectivity index (χ1n) is 6.44. The predicted molar refractivity (Wildman–Crippen MR) is 62.0 cm³/mol. The standard InChI is InChI=1S/C12H22N2O2/c1-2-4-12(15)14-6-3-5-11(14)13-7-9-16-10-8-13/h11H,2-10H2,1H3. The number of amides is 1. The summed E-state index contributed by atoms with van der Waals surface area (Å²) < 4.78 is 5.36. The Balaban J connectivity index is 1.93. The third kappa shape index (κ3) is 2.55. The fourth-order valence-corrected chi connectivity index (χ4v) is 2.65. The minimum absolute atomic E-state index is 0.330. The van der Waals surface area contributed by atoms with Crippen LogP contribution in [0.5, 0.6) is 0 Å². The summed E-state index contributed by atoms with van der Waals surface area (Å²) in [7, 11) is 0. The molecule has 4 nitrogen and oxygen atoms in total. The second kappa shape index (κ2) is 5.64. The number of carbonyl (C=O) groups excluding carboxylic acids is 1. The second-order valence-electron chi connectivity index (χ2n) is 4.61. The van der Waals surface area contributed by atoms with Crippen molar-refractivity contribution in [2.45, 2.75) is 38.8 Å². The lowest BCUT2D eigenvalue weighted by Gasteiger charge is -2.37. The van der Waals surface area contributed by atoms with Gasteiger partial charge in [-0.05, 0) is 19.3 Å². The van der Waals surface area contributed by atoms with Gasteiger partial charge >= 0.3 is 0 Å². The van der Waals surface area contributed by atoms with E-state index in [2.05, 4.69) is 16.7 Å². The largest absolute Gasteiger partial charge is 0.379 e. The second-order valence-corrected chi connectivity index (χ2v) is 4.61. The zero-order valence-electron chi connectivity index (χ0n) is 10.2. The maximum Gasteiger partial charge on any atom is 0.223 e. The van der Waals surface area contributed by atoms with Crippen LogP contribution in [0.3, 0.4) is 0 Å². The molecule has 0 spiro atoms. The van der Waals surface area contributed by atoms with E-state index < -0.39 is 0 Å². The van der Waals surface area contributed by atoms with Crippen LogP contribution in [-0.2, 0) is 9.53 Å². The lowest BCUT2D eigenvalue weighted by Crippen LogP contribution is -2.51. The average molecular weight is 226 g/mol. The normalized spacial score (nSPS) is 27.3. The molecule has 1 atom stereocenters. The molecule has 2 heterocycles. The van der Waals surface area contributed by atoms with Crippen LogP contribution in [0, 0.1) is 0 Å². The van der Waals surface area contributed by atoms with Gasteiger partial charge in [0.25, 0.3) is 0 Å². The summed E-state index contributed by atoms with van der Waals surface area (Å²) in [5.74, 6) is 0.330. The van der Waals surface area contributed by atoms with Crippen molar-refractivity contribution < 1.29 is 9.53 Å². The van der Waals surface area contributed by atoms with Crippen molar-refractivity contribution in [1.29, 1.82) is 0 Å². The quantitative estimate of drug-likeness (QED) is 0.721. The first-order chi connectivity index (χ1) is 7.83. The van der Waals surface area contributed by atoms with Crippen LogP contribution in [0.4, 0.5) is 0 Å². The summed E-state index contributed by atoms with van der Waals surface area (Å²) in [5, 5.41) is 0. The van der Waals surface area contributed by atoms with Gasteiger partial charge in [0, 0.05) is 26.1 Å². The van der Waals surface area contributed by atoms with E-state index in [1.807, 2.05) is 0 Å². The third-order valence-electron chi connectivity index (χ3n) is 3.47. The van der Waals surface area contributed by atoms with Gasteiger partial charge in [0.15, 0.2) is 0 Å². The maximum atomic E-state index is 12.0. The van der Waals surface area contributed by atoms with Gasteiger partial charge in [0.05, 0.1) is 19.4 Å². The van der Waals surface area contributed by atoms with Crippen molar-refractivity contribution in [1.82, 2.24) is 9.80 Å². The lowest BCUT2D eigenvalue weighted by atomic mass is 10.2. The summed E-state index contributed by atoms with van der Waals surface area (Å²) in [6, 6.07) is 0. The molecule has 92 valence electrons. The Hall–Kier alpha value is -0.610. The Labute approximate surface area is 97.5 Å². The van der Waals surface area contributed by atoms with Gasteiger partial charge in [0.1, 0.15) is 0 Å². The highest BCUT2D eigenvalue weighted by Crippen LogP contribution is 2.22. The molecule has 1 unspecified atom stereocenters. The maximum absolute atomic E-state index is 12.0. The van der Waals surface area contributed by atoms with Crippen molar-refractivity contribution in [2.24, 2.45) is 0 Å². The van der Waals surface area contributed by atoms with Gasteiger partial charge in [-0.2, -0.15) is 0 Å². The van der Waals surface area contributed by atoms with E-state index in [1.54, 1.807) is 0 Å². The monoisotopic (exact) mass is 226 g/mol. The highest BCUT2D eigenvalue weighted by Gasteiger charge is 2.33. The minimum atomic E-state index is 0.330. The van der Waals surface area contributed by atoms with Gasteiger partial charge in [0.2, 0.25) is 5.91 Å². The Morgan fingerprint density at radius 2 is 2.06 bits per heavy atom. The number of rotatable bonds is 3. The van der Waals surface area contributed by atoms with Crippen molar-refractivity contribution >= 4 is 5.91 Å². The van der Waals surface area contributed by atoms with E-state index in [-0.39, 0.29) is 0 Å². The van der Waals surface area contributed by atoms with E-state index >= 15 is 0 Å². The molecular weight excluding hydrogens is 204 g/mol. The number of nitrogens with zero attached hydrogens (tertiary/aromatic N) is 2. The van der Waals surface area contributed by atoms with E-state index in [1.165, 1.54) is 0 Å². The Kier molecular flexibility index (Phi) is 4.18. The molecule has 2 aliphatic heterocycles. The van der Waals surface area contributed by atoms with E-state index in [0.717, 1.165) is 52.1 Å². The van der Waals surface area contributed by atoms with E-state index in [4.69, 9.17) is 4.74 Å². The molecule has 2 aliphatic rings. The van der Waals surface area contributed by atoms with Crippen molar-refractivity contribution in [2.75, 3.05) is 32.8 Å². The summed E-state index contributed by atoms with van der Waals surface area (Å²) in [6.07, 6.45) is 4.28. The van der Waals surface area contributed by atoms with Crippen LogP contribution in [0.15, 0.2) is 0 Å². The van der Waals surface area contributed by atoms with Gasteiger partial charge in [-0.15, -0.1) is 0 Å². The smallest absolute Gasteiger partial charge is 0.223 e. The molecule has 2 rings (SSSR count). The van der Waals surface area contributed by atoms with Crippen LogP contribution in [0.1, 0.15) is 32.6 Å². The Bertz CT molecular complexity index is 239. The highest BCUT2D eigenvalue weighted by molar-refractivity contribution is 5.76. The van der Waals surface area contributed by atoms with Gasteiger partial charge in [-0.25, -0.2) is 0 Å². The number of ether oxygens (including phenoxy) is 1. The number of morpholine rings is 1. The molecule has 0 saturated carbocycles. The van der Waals surface area contributed by atoms with Crippen molar-refractivity contribution in [3.05, 3.63) is 0 Å². The summed E-state index contributed by atoms with van der Waals surface area (Å²) in [5.41, 5.74) is 0.